The molecule has 1 saturated heterocycles. The zero-order valence-corrected chi connectivity index (χ0v) is 29.0. The quantitative estimate of drug-likeness (QED) is 0.0342. The van der Waals surface area contributed by atoms with Crippen molar-refractivity contribution in [1.82, 2.24) is 15.8 Å². The molecule has 3 unspecified atom stereocenters. The van der Waals surface area contributed by atoms with Gasteiger partial charge in [-0.2, -0.15) is 0 Å². The SMILES string of the molecule is O=C(CCCCCCC(=O)NCc1cccc(-c2ccc(C3OC(CSc4ncccc4C(=O)O)CC(c4ccc(CO)cc4)O3)cc2)c1)NO. The Kier molecular flexibility index (Phi) is 14.1. The van der Waals surface area contributed by atoms with Crippen molar-refractivity contribution in [3.8, 4) is 11.1 Å². The molecule has 5 N–H and O–H groups in total. The molecule has 11 nitrogen and oxygen atoms in total. The molecule has 1 aromatic heterocycles. The van der Waals surface area contributed by atoms with Gasteiger partial charge in [0.2, 0.25) is 11.8 Å². The van der Waals surface area contributed by atoms with Crippen LogP contribution in [0.4, 0.5) is 0 Å². The summed E-state index contributed by atoms with van der Waals surface area (Å²) in [6.45, 7) is 0.367. The Bertz CT molecular complexity index is 1750. The van der Waals surface area contributed by atoms with Gasteiger partial charge in [-0.15, -0.1) is 11.8 Å². The van der Waals surface area contributed by atoms with Crippen molar-refractivity contribution in [3.63, 3.8) is 0 Å². The summed E-state index contributed by atoms with van der Waals surface area (Å²) in [6.07, 6.45) is 4.70. The third-order valence-electron chi connectivity index (χ3n) is 8.64. The second-order valence-electron chi connectivity index (χ2n) is 12.4. The summed E-state index contributed by atoms with van der Waals surface area (Å²) in [5.74, 6) is -0.960. The van der Waals surface area contributed by atoms with Gasteiger partial charge < -0.3 is 25.0 Å². The number of hydrogen-bond acceptors (Lipinski definition) is 9. The molecular formula is C39H43N3O8S. The monoisotopic (exact) mass is 713 g/mol. The maximum Gasteiger partial charge on any atom is 0.338 e. The van der Waals surface area contributed by atoms with Crippen LogP contribution in [0.1, 0.15) is 90.0 Å². The van der Waals surface area contributed by atoms with Crippen molar-refractivity contribution in [2.75, 3.05) is 5.75 Å². The van der Waals surface area contributed by atoms with E-state index in [2.05, 4.69) is 16.4 Å². The summed E-state index contributed by atoms with van der Waals surface area (Å²) in [5.41, 5.74) is 7.38. The van der Waals surface area contributed by atoms with E-state index in [4.69, 9.17) is 14.7 Å². The van der Waals surface area contributed by atoms with Gasteiger partial charge in [-0.1, -0.05) is 79.6 Å². The van der Waals surface area contributed by atoms with Crippen LogP contribution in [0, 0.1) is 0 Å². The number of hydrogen-bond donors (Lipinski definition) is 5. The number of aromatic nitrogens is 1. The van der Waals surface area contributed by atoms with E-state index >= 15 is 0 Å². The van der Waals surface area contributed by atoms with E-state index in [9.17, 15) is 24.6 Å². The number of aliphatic hydroxyl groups is 1. The number of amides is 2. The Labute approximate surface area is 301 Å². The molecule has 5 rings (SSSR count). The van der Waals surface area contributed by atoms with Crippen molar-refractivity contribution in [1.29, 1.82) is 0 Å². The molecule has 51 heavy (non-hydrogen) atoms. The average Bonchev–Trinajstić information content (AvgIpc) is 3.17. The Morgan fingerprint density at radius 1 is 0.804 bits per heavy atom. The molecule has 268 valence electrons. The fourth-order valence-electron chi connectivity index (χ4n) is 5.83. The summed E-state index contributed by atoms with van der Waals surface area (Å²) in [7, 11) is 0. The number of pyridine rings is 1. The molecule has 1 fully saturated rings. The van der Waals surface area contributed by atoms with Crippen LogP contribution >= 0.6 is 11.8 Å². The molecule has 0 spiro atoms. The lowest BCUT2D eigenvalue weighted by Gasteiger charge is -2.36. The van der Waals surface area contributed by atoms with Crippen LogP contribution < -0.4 is 10.8 Å². The Morgan fingerprint density at radius 3 is 2.24 bits per heavy atom. The lowest BCUT2D eigenvalue weighted by atomic mass is 9.99. The molecule has 0 radical (unpaired) electrons. The van der Waals surface area contributed by atoms with Crippen LogP contribution in [0.15, 0.2) is 96.2 Å². The number of benzene rings is 3. The van der Waals surface area contributed by atoms with Crippen molar-refractivity contribution in [2.45, 2.75) is 81.6 Å². The number of carboxylic acid groups (broad SMARTS) is 1. The maximum atomic E-state index is 12.4. The number of rotatable bonds is 17. The van der Waals surface area contributed by atoms with Gasteiger partial charge in [-0.25, -0.2) is 15.3 Å². The summed E-state index contributed by atoms with van der Waals surface area (Å²) in [4.78, 5) is 39.5. The predicted octanol–water partition coefficient (Wildman–Crippen LogP) is 6.74. The van der Waals surface area contributed by atoms with E-state index in [1.165, 1.54) is 11.8 Å². The second-order valence-corrected chi connectivity index (χ2v) is 13.4. The zero-order chi connectivity index (χ0) is 36.0. The third-order valence-corrected chi connectivity index (χ3v) is 9.77. The number of thioether (sulfide) groups is 1. The minimum absolute atomic E-state index is 0.0213. The van der Waals surface area contributed by atoms with Crippen LogP contribution in [0.2, 0.25) is 0 Å². The minimum Gasteiger partial charge on any atom is -0.478 e. The molecule has 12 heteroatoms. The van der Waals surface area contributed by atoms with Gasteiger partial charge in [-0.3, -0.25) is 14.8 Å². The van der Waals surface area contributed by atoms with Crippen molar-refractivity contribution >= 4 is 29.5 Å². The highest BCUT2D eigenvalue weighted by molar-refractivity contribution is 7.99. The van der Waals surface area contributed by atoms with E-state index in [-0.39, 0.29) is 36.7 Å². The molecule has 3 aromatic carbocycles. The number of unbranched alkanes of at least 4 members (excludes halogenated alkanes) is 3. The van der Waals surface area contributed by atoms with Gasteiger partial charge in [0.25, 0.3) is 0 Å². The maximum absolute atomic E-state index is 12.4. The van der Waals surface area contributed by atoms with Crippen molar-refractivity contribution in [3.05, 3.63) is 119 Å². The fourth-order valence-corrected chi connectivity index (χ4v) is 6.83. The number of nitrogens with zero attached hydrogens (tertiary/aromatic N) is 1. The first-order valence-corrected chi connectivity index (χ1v) is 18.0. The van der Waals surface area contributed by atoms with E-state index in [0.29, 0.717) is 36.6 Å². The topological polar surface area (TPSA) is 167 Å². The highest BCUT2D eigenvalue weighted by Crippen LogP contribution is 2.40. The van der Waals surface area contributed by atoms with Crippen LogP contribution in [0.25, 0.3) is 11.1 Å². The highest BCUT2D eigenvalue weighted by atomic mass is 32.2. The number of ether oxygens (including phenoxy) is 2. The van der Waals surface area contributed by atoms with Gasteiger partial charge >= 0.3 is 5.97 Å². The van der Waals surface area contributed by atoms with Gasteiger partial charge in [0, 0.05) is 43.3 Å². The molecule has 2 amide bonds. The number of carboxylic acids is 1. The van der Waals surface area contributed by atoms with Gasteiger partial charge in [-0.05, 0) is 58.9 Å². The average molecular weight is 714 g/mol. The summed E-state index contributed by atoms with van der Waals surface area (Å²) >= 11 is 1.35. The van der Waals surface area contributed by atoms with E-state index in [1.54, 1.807) is 23.8 Å². The molecule has 2 heterocycles. The molecule has 1 aliphatic rings. The van der Waals surface area contributed by atoms with Gasteiger partial charge in [0.15, 0.2) is 6.29 Å². The van der Waals surface area contributed by atoms with E-state index in [0.717, 1.165) is 52.6 Å². The molecular weight excluding hydrogens is 671 g/mol. The first-order chi connectivity index (χ1) is 24.8. The molecule has 0 aliphatic carbocycles. The number of carbonyl (C=O) groups excluding carboxylic acids is 2. The second kappa shape index (κ2) is 19.1. The third kappa shape index (κ3) is 11.2. The number of aromatic carboxylic acids is 1. The largest absolute Gasteiger partial charge is 0.478 e. The lowest BCUT2D eigenvalue weighted by molar-refractivity contribution is -0.245. The Balaban J connectivity index is 1.20. The van der Waals surface area contributed by atoms with E-state index < -0.39 is 18.2 Å². The Hall–Kier alpha value is -4.59. The number of nitrogens with one attached hydrogen (secondary N) is 2. The zero-order valence-electron chi connectivity index (χ0n) is 28.2. The molecule has 3 atom stereocenters. The molecule has 4 aromatic rings. The van der Waals surface area contributed by atoms with Crippen LogP contribution in [0.3, 0.4) is 0 Å². The first-order valence-electron chi connectivity index (χ1n) is 17.0. The van der Waals surface area contributed by atoms with Crippen LogP contribution in [-0.2, 0) is 32.2 Å². The molecule has 0 saturated carbocycles. The highest BCUT2D eigenvalue weighted by Gasteiger charge is 2.32. The first kappa shape index (κ1) is 37.7. The summed E-state index contributed by atoms with van der Waals surface area (Å²) in [5, 5.41) is 31.1. The number of carbonyl (C=O) groups is 3. The van der Waals surface area contributed by atoms with Crippen LogP contribution in [0.5, 0.6) is 0 Å². The lowest BCUT2D eigenvalue weighted by Crippen LogP contribution is -2.31. The number of hydroxylamine groups is 1. The Morgan fingerprint density at radius 2 is 1.53 bits per heavy atom. The molecule has 1 aliphatic heterocycles. The summed E-state index contributed by atoms with van der Waals surface area (Å²) in [6, 6.07) is 26.8. The molecule has 0 bridgehead atoms. The van der Waals surface area contributed by atoms with Crippen molar-refractivity contribution in [2.24, 2.45) is 0 Å². The van der Waals surface area contributed by atoms with Crippen LogP contribution in [-0.4, -0.2) is 50.0 Å². The van der Waals surface area contributed by atoms with E-state index in [1.807, 2.05) is 66.7 Å². The van der Waals surface area contributed by atoms with Crippen molar-refractivity contribution < 1.29 is 39.3 Å². The predicted molar refractivity (Wildman–Crippen MR) is 192 cm³/mol. The number of aliphatic hydroxyl groups excluding tert-OH is 1. The fraction of sp³-hybridized carbons (Fsp3) is 0.333. The normalized spacial score (nSPS) is 17.1. The van der Waals surface area contributed by atoms with Gasteiger partial charge in [0.1, 0.15) is 5.03 Å². The smallest absolute Gasteiger partial charge is 0.338 e. The van der Waals surface area contributed by atoms with Gasteiger partial charge in [0.05, 0.1) is 24.4 Å². The minimum atomic E-state index is -1.03. The summed E-state index contributed by atoms with van der Waals surface area (Å²) < 4.78 is 12.9. The standard InChI is InChI=1S/C39H43N3O8S/c43-24-26-12-14-29(15-13-26)34-22-32(25-51-37-33(38(46)47)9-6-20-40-37)49-39(50-34)30-18-16-28(17-19-30)31-8-5-7-27(21-31)23-41-35(44)10-3-1-2-4-11-36(45)42-48/h5-9,12-21,32,34,39,43,48H,1-4,10-11,22-25H2,(H,41,44)(H,42,45)(H,46,47).